The van der Waals surface area contributed by atoms with Crippen LogP contribution in [0.25, 0.3) is 0 Å². The van der Waals surface area contributed by atoms with Crippen LogP contribution in [0.2, 0.25) is 0 Å². The highest BCUT2D eigenvalue weighted by molar-refractivity contribution is 8.15. The first kappa shape index (κ1) is 28.2. The van der Waals surface area contributed by atoms with Gasteiger partial charge in [-0.1, -0.05) is 31.6 Å². The maximum atomic E-state index is 12.9. The minimum Gasteiger partial charge on any atom is -0.376 e. The first-order valence-corrected chi connectivity index (χ1v) is 13.6. The van der Waals surface area contributed by atoms with E-state index in [1.165, 1.54) is 43.2 Å². The number of halogens is 3. The molecule has 0 bridgehead atoms. The molecular formula is C23H36F3N3O2S2. The molecule has 0 radical (unpaired) electrons. The second-order valence-electron chi connectivity index (χ2n) is 8.33. The summed E-state index contributed by atoms with van der Waals surface area (Å²) in [4.78, 5) is 2.04. The average Bonchev–Trinajstić information content (AvgIpc) is 2.76. The van der Waals surface area contributed by atoms with Crippen molar-refractivity contribution >= 4 is 28.4 Å². The molecular weight excluding hydrogens is 471 g/mol. The number of nitrogens with one attached hydrogen (secondary N) is 1. The van der Waals surface area contributed by atoms with Crippen molar-refractivity contribution in [3.63, 3.8) is 0 Å². The fraction of sp³-hybridized carbons (Fsp3) is 0.652. The molecule has 1 saturated heterocycles. The van der Waals surface area contributed by atoms with Crippen LogP contribution in [0.5, 0.6) is 0 Å². The number of alkyl halides is 3. The molecule has 1 saturated carbocycles. The van der Waals surface area contributed by atoms with Crippen LogP contribution in [0.1, 0.15) is 45.1 Å². The number of nitrogens with zero attached hydrogens (tertiary/aromatic N) is 2. The zero-order valence-electron chi connectivity index (χ0n) is 19.8. The summed E-state index contributed by atoms with van der Waals surface area (Å²) in [5, 5.41) is 13.0. The van der Waals surface area contributed by atoms with E-state index < -0.39 is 22.8 Å². The lowest BCUT2D eigenvalue weighted by atomic mass is 9.94. The molecule has 0 amide bonds. The first-order valence-electron chi connectivity index (χ1n) is 11.3. The number of piperazine rings is 1. The third-order valence-electron chi connectivity index (χ3n) is 6.08. The fourth-order valence-electron chi connectivity index (χ4n) is 3.49. The summed E-state index contributed by atoms with van der Waals surface area (Å²) in [6.45, 7) is 5.24. The van der Waals surface area contributed by atoms with Gasteiger partial charge in [-0.2, -0.15) is 13.2 Å². The van der Waals surface area contributed by atoms with Gasteiger partial charge in [0.15, 0.2) is 5.60 Å². The Morgan fingerprint density at radius 2 is 1.79 bits per heavy atom. The molecule has 10 heteroatoms. The molecule has 2 unspecified atom stereocenters. The van der Waals surface area contributed by atoms with E-state index in [0.717, 1.165) is 29.3 Å². The third kappa shape index (κ3) is 7.45. The number of rotatable bonds is 7. The Morgan fingerprint density at radius 3 is 2.15 bits per heavy atom. The Hall–Kier alpha value is -1.07. The van der Waals surface area contributed by atoms with E-state index in [1.807, 2.05) is 35.5 Å². The molecule has 2 fully saturated rings. The van der Waals surface area contributed by atoms with Crippen molar-refractivity contribution in [1.82, 2.24) is 9.62 Å². The van der Waals surface area contributed by atoms with E-state index in [-0.39, 0.29) is 5.56 Å². The van der Waals surface area contributed by atoms with Crippen LogP contribution in [0.4, 0.5) is 18.9 Å². The Labute approximate surface area is 202 Å². The molecule has 1 aromatic rings. The van der Waals surface area contributed by atoms with Crippen molar-refractivity contribution in [3.05, 3.63) is 40.1 Å². The summed E-state index contributed by atoms with van der Waals surface area (Å²) in [5.74, 6) is 0. The van der Waals surface area contributed by atoms with Gasteiger partial charge in [-0.3, -0.25) is 0 Å². The Balaban J connectivity index is 0.000000554. The monoisotopic (exact) mass is 507 g/mol. The van der Waals surface area contributed by atoms with Crippen molar-refractivity contribution in [3.8, 4) is 0 Å². The van der Waals surface area contributed by atoms with Crippen LogP contribution < -0.4 is 10.2 Å². The molecule has 1 aliphatic carbocycles. The summed E-state index contributed by atoms with van der Waals surface area (Å²) in [6.07, 6.45) is 4.21. The van der Waals surface area contributed by atoms with Gasteiger partial charge in [-0.15, -0.1) is 11.8 Å². The molecule has 2 atom stereocenters. The second-order valence-corrected chi connectivity index (χ2v) is 10.9. The summed E-state index contributed by atoms with van der Waals surface area (Å²) in [5.41, 5.74) is -2.27. The maximum Gasteiger partial charge on any atom is 0.421 e. The fourth-order valence-corrected chi connectivity index (χ4v) is 5.77. The highest BCUT2D eigenvalue weighted by atomic mass is 32.2. The topological polar surface area (TPSA) is 55.8 Å². The molecule has 2 aliphatic rings. The smallest absolute Gasteiger partial charge is 0.376 e. The standard InChI is InChI=1S/C18H25F3N2O2S2.C5H11N/c1-4-5-16(26-3)27(25)23-12-10-22(11-13-23)15-8-6-14(7-9-15)17(2,24)18(19,20)21;1-6-5-3-2-4-5/h5-9,24H,4,10-13H2,1-3H3;5-6H,2-4H2,1H3/b16-5+;. The van der Waals surface area contributed by atoms with Crippen molar-refractivity contribution in [2.45, 2.75) is 57.3 Å². The van der Waals surface area contributed by atoms with Crippen molar-refractivity contribution in [2.75, 3.05) is 44.4 Å². The van der Waals surface area contributed by atoms with Gasteiger partial charge >= 0.3 is 6.18 Å². The number of hydrogen-bond donors (Lipinski definition) is 2. The molecule has 1 aromatic carbocycles. The van der Waals surface area contributed by atoms with E-state index >= 15 is 0 Å². The molecule has 3 rings (SSSR count). The molecule has 1 heterocycles. The lowest BCUT2D eigenvalue weighted by molar-refractivity contribution is -0.258. The van der Waals surface area contributed by atoms with E-state index in [4.69, 9.17) is 0 Å². The maximum absolute atomic E-state index is 12.9. The lowest BCUT2D eigenvalue weighted by Crippen LogP contribution is -2.47. The van der Waals surface area contributed by atoms with Gasteiger partial charge in [0.25, 0.3) is 0 Å². The van der Waals surface area contributed by atoms with Crippen LogP contribution in [0, 0.1) is 0 Å². The predicted molar refractivity (Wildman–Crippen MR) is 133 cm³/mol. The van der Waals surface area contributed by atoms with E-state index in [9.17, 15) is 22.5 Å². The molecule has 188 valence electrons. The van der Waals surface area contributed by atoms with Crippen LogP contribution in [0.3, 0.4) is 0 Å². The van der Waals surface area contributed by atoms with Crippen LogP contribution in [-0.2, 0) is 16.6 Å². The molecule has 2 N–H and O–H groups in total. The number of thioether (sulfide) groups is 1. The quantitative estimate of drug-likeness (QED) is 0.564. The Kier molecular flexibility index (Phi) is 10.7. The normalized spacial score (nSPS) is 21.0. The minimum absolute atomic E-state index is 0.187. The van der Waals surface area contributed by atoms with Gasteiger partial charge in [0.2, 0.25) is 0 Å². The third-order valence-corrected chi connectivity index (χ3v) is 8.92. The number of allylic oxidation sites excluding steroid dienone is 1. The highest BCUT2D eigenvalue weighted by Gasteiger charge is 2.51. The van der Waals surface area contributed by atoms with E-state index in [0.29, 0.717) is 26.2 Å². The van der Waals surface area contributed by atoms with Crippen LogP contribution in [0.15, 0.2) is 34.6 Å². The van der Waals surface area contributed by atoms with Crippen molar-refractivity contribution < 1.29 is 22.5 Å². The summed E-state index contributed by atoms with van der Waals surface area (Å²) in [7, 11) is 0.863. The molecule has 0 spiro atoms. The van der Waals surface area contributed by atoms with Gasteiger partial charge in [0.05, 0.1) is 4.24 Å². The van der Waals surface area contributed by atoms with Crippen molar-refractivity contribution in [1.29, 1.82) is 0 Å². The number of anilines is 1. The molecule has 33 heavy (non-hydrogen) atoms. The zero-order chi connectivity index (χ0) is 24.6. The first-order chi connectivity index (χ1) is 15.5. The van der Waals surface area contributed by atoms with Gasteiger partial charge in [0, 0.05) is 37.9 Å². The highest BCUT2D eigenvalue weighted by Crippen LogP contribution is 2.39. The largest absolute Gasteiger partial charge is 0.421 e. The van der Waals surface area contributed by atoms with Gasteiger partial charge < -0.3 is 15.3 Å². The minimum atomic E-state index is -4.73. The molecule has 1 aliphatic heterocycles. The summed E-state index contributed by atoms with van der Waals surface area (Å²) < 4.78 is 54.2. The van der Waals surface area contributed by atoms with Gasteiger partial charge in [-0.25, -0.2) is 8.51 Å². The van der Waals surface area contributed by atoms with Gasteiger partial charge in [0.1, 0.15) is 11.0 Å². The number of aliphatic hydroxyl groups is 1. The number of benzene rings is 1. The predicted octanol–water partition coefficient (Wildman–Crippen LogP) is 4.61. The molecule has 0 aromatic heterocycles. The van der Waals surface area contributed by atoms with Crippen molar-refractivity contribution in [2.24, 2.45) is 0 Å². The number of hydrogen-bond acceptors (Lipinski definition) is 5. The molecule has 5 nitrogen and oxygen atoms in total. The summed E-state index contributed by atoms with van der Waals surface area (Å²) >= 11 is 1.49. The second kappa shape index (κ2) is 12.6. The van der Waals surface area contributed by atoms with Crippen LogP contribution >= 0.6 is 11.8 Å². The average molecular weight is 508 g/mol. The summed E-state index contributed by atoms with van der Waals surface area (Å²) in [6, 6.07) is 6.66. The van der Waals surface area contributed by atoms with Gasteiger partial charge in [-0.05, 0) is 57.2 Å². The van der Waals surface area contributed by atoms with E-state index in [2.05, 4.69) is 5.32 Å². The Morgan fingerprint density at radius 1 is 1.21 bits per heavy atom. The zero-order valence-corrected chi connectivity index (χ0v) is 21.5. The Bertz CT molecular complexity index is 786. The lowest BCUT2D eigenvalue weighted by Gasteiger charge is -2.35. The van der Waals surface area contributed by atoms with E-state index in [1.54, 1.807) is 12.1 Å². The SMILES string of the molecule is CC/C=C(\SC)S(=O)N1CCN(c2ccc(C(C)(O)C(F)(F)F)cc2)CC1.CNC1CCC1. The van der Waals surface area contributed by atoms with Crippen LogP contribution in [-0.4, -0.2) is 65.3 Å².